The lowest BCUT2D eigenvalue weighted by atomic mass is 10.0. The van der Waals surface area contributed by atoms with Gasteiger partial charge in [0.1, 0.15) is 0 Å². The van der Waals surface area contributed by atoms with E-state index in [0.29, 0.717) is 48.0 Å². The molecule has 30 heavy (non-hydrogen) atoms. The highest BCUT2D eigenvalue weighted by molar-refractivity contribution is 6.30. The largest absolute Gasteiger partial charge is 0.493 e. The molecule has 2 amide bonds. The minimum Gasteiger partial charge on any atom is -0.493 e. The van der Waals surface area contributed by atoms with Crippen LogP contribution in [0.2, 0.25) is 5.02 Å². The fourth-order valence-electron chi connectivity index (χ4n) is 3.37. The van der Waals surface area contributed by atoms with E-state index in [9.17, 15) is 9.59 Å². The molecule has 0 bridgehead atoms. The van der Waals surface area contributed by atoms with E-state index < -0.39 is 0 Å². The van der Waals surface area contributed by atoms with Crippen molar-refractivity contribution < 1.29 is 19.1 Å². The molecule has 1 heterocycles. The fraction of sp³-hybridized carbons (Fsp3) is 0.304. The summed E-state index contributed by atoms with van der Waals surface area (Å²) in [4.78, 5) is 26.8. The third-order valence-corrected chi connectivity index (χ3v) is 5.31. The molecule has 0 unspecified atom stereocenters. The number of piperidine rings is 1. The highest BCUT2D eigenvalue weighted by Gasteiger charge is 2.25. The van der Waals surface area contributed by atoms with Gasteiger partial charge in [0.05, 0.1) is 14.2 Å². The van der Waals surface area contributed by atoms with Crippen molar-refractivity contribution in [3.8, 4) is 11.5 Å². The molecule has 6 nitrogen and oxygen atoms in total. The predicted octanol–water partition coefficient (Wildman–Crippen LogP) is 3.79. The molecule has 1 N–H and O–H groups in total. The number of carbonyl (C=O) groups is 2. The molecule has 0 aliphatic carbocycles. The summed E-state index contributed by atoms with van der Waals surface area (Å²) in [7, 11) is 3.10. The molecule has 0 spiro atoms. The van der Waals surface area contributed by atoms with E-state index in [1.165, 1.54) is 6.08 Å². The summed E-state index contributed by atoms with van der Waals surface area (Å²) in [5, 5.41) is 3.67. The Kier molecular flexibility index (Phi) is 7.36. The van der Waals surface area contributed by atoms with Crippen LogP contribution >= 0.6 is 11.6 Å². The Bertz CT molecular complexity index is 919. The predicted molar refractivity (Wildman–Crippen MR) is 117 cm³/mol. The molecule has 1 aliphatic rings. The van der Waals surface area contributed by atoms with Gasteiger partial charge in [-0.3, -0.25) is 9.59 Å². The number of ether oxygens (including phenoxy) is 2. The van der Waals surface area contributed by atoms with Crippen LogP contribution in [0.1, 0.15) is 28.8 Å². The van der Waals surface area contributed by atoms with Gasteiger partial charge in [-0.15, -0.1) is 0 Å². The standard InChI is InChI=1S/C23H25ClN2O4/c1-29-20-9-6-17(15-21(20)30-2)23(28)26-13-11-19(12-14-26)25-22(27)10-5-16-3-7-18(24)8-4-16/h3-10,15,19H,11-14H2,1-2H3,(H,25,27)/b10-5+. The van der Waals surface area contributed by atoms with Gasteiger partial charge in [0, 0.05) is 35.8 Å². The minimum atomic E-state index is -0.144. The number of methoxy groups -OCH3 is 2. The van der Waals surface area contributed by atoms with E-state index in [0.717, 1.165) is 5.56 Å². The number of likely N-dealkylation sites (tertiary alicyclic amines) is 1. The van der Waals surface area contributed by atoms with Crippen LogP contribution in [-0.2, 0) is 4.79 Å². The average Bonchev–Trinajstić information content (AvgIpc) is 2.78. The van der Waals surface area contributed by atoms with Crippen LogP contribution in [0.25, 0.3) is 6.08 Å². The number of hydrogen-bond donors (Lipinski definition) is 1. The second-order valence-electron chi connectivity index (χ2n) is 7.03. The lowest BCUT2D eigenvalue weighted by Gasteiger charge is -2.32. The van der Waals surface area contributed by atoms with Crippen molar-refractivity contribution in [2.24, 2.45) is 0 Å². The second kappa shape index (κ2) is 10.2. The van der Waals surface area contributed by atoms with E-state index in [4.69, 9.17) is 21.1 Å². The van der Waals surface area contributed by atoms with Crippen LogP contribution in [0.3, 0.4) is 0 Å². The number of rotatable bonds is 6. The van der Waals surface area contributed by atoms with Crippen LogP contribution in [0.5, 0.6) is 11.5 Å². The third kappa shape index (κ3) is 5.54. The molecule has 1 aliphatic heterocycles. The van der Waals surface area contributed by atoms with Crippen LogP contribution in [-0.4, -0.2) is 50.1 Å². The van der Waals surface area contributed by atoms with Crippen molar-refractivity contribution in [3.63, 3.8) is 0 Å². The molecule has 1 fully saturated rings. The summed E-state index contributed by atoms with van der Waals surface area (Å²) in [6, 6.07) is 12.5. The normalized spacial score (nSPS) is 14.6. The molecule has 7 heteroatoms. The van der Waals surface area contributed by atoms with Crippen molar-refractivity contribution in [2.75, 3.05) is 27.3 Å². The van der Waals surface area contributed by atoms with E-state index in [1.54, 1.807) is 55.5 Å². The third-order valence-electron chi connectivity index (χ3n) is 5.06. The number of nitrogens with zero attached hydrogens (tertiary/aromatic N) is 1. The first kappa shape index (κ1) is 21.7. The van der Waals surface area contributed by atoms with Gasteiger partial charge < -0.3 is 19.7 Å². The number of halogens is 1. The zero-order valence-corrected chi connectivity index (χ0v) is 17.8. The number of benzene rings is 2. The molecule has 1 saturated heterocycles. The zero-order chi connectivity index (χ0) is 21.5. The zero-order valence-electron chi connectivity index (χ0n) is 17.1. The number of amides is 2. The molecule has 0 radical (unpaired) electrons. The summed E-state index contributed by atoms with van der Waals surface area (Å²) in [5.74, 6) is 0.915. The van der Waals surface area contributed by atoms with Crippen molar-refractivity contribution in [2.45, 2.75) is 18.9 Å². The van der Waals surface area contributed by atoms with Gasteiger partial charge in [-0.05, 0) is 54.8 Å². The van der Waals surface area contributed by atoms with E-state index in [2.05, 4.69) is 5.32 Å². The lowest BCUT2D eigenvalue weighted by molar-refractivity contribution is -0.117. The van der Waals surface area contributed by atoms with Gasteiger partial charge in [0.15, 0.2) is 11.5 Å². The van der Waals surface area contributed by atoms with Gasteiger partial charge in [-0.1, -0.05) is 23.7 Å². The van der Waals surface area contributed by atoms with Gasteiger partial charge in [0.2, 0.25) is 5.91 Å². The molecule has 0 aromatic heterocycles. The van der Waals surface area contributed by atoms with Crippen LogP contribution in [0.15, 0.2) is 48.5 Å². The lowest BCUT2D eigenvalue weighted by Crippen LogP contribution is -2.46. The monoisotopic (exact) mass is 428 g/mol. The maximum atomic E-state index is 12.8. The first-order valence-electron chi connectivity index (χ1n) is 9.75. The molecular formula is C23H25ClN2O4. The van der Waals surface area contributed by atoms with Crippen LogP contribution in [0.4, 0.5) is 0 Å². The Morgan fingerprint density at radius 1 is 1.03 bits per heavy atom. The highest BCUT2D eigenvalue weighted by atomic mass is 35.5. The van der Waals surface area contributed by atoms with Gasteiger partial charge in [-0.2, -0.15) is 0 Å². The first-order valence-corrected chi connectivity index (χ1v) is 10.1. The fourth-order valence-corrected chi connectivity index (χ4v) is 3.50. The molecule has 0 saturated carbocycles. The van der Waals surface area contributed by atoms with Crippen molar-refractivity contribution >= 4 is 29.5 Å². The van der Waals surface area contributed by atoms with Crippen molar-refractivity contribution in [1.82, 2.24) is 10.2 Å². The molecule has 2 aromatic rings. The van der Waals surface area contributed by atoms with Gasteiger partial charge >= 0.3 is 0 Å². The first-order chi connectivity index (χ1) is 14.5. The number of nitrogens with one attached hydrogen (secondary N) is 1. The van der Waals surface area contributed by atoms with Crippen molar-refractivity contribution in [1.29, 1.82) is 0 Å². The quantitative estimate of drug-likeness (QED) is 0.711. The summed E-state index contributed by atoms with van der Waals surface area (Å²) >= 11 is 5.86. The topological polar surface area (TPSA) is 67.9 Å². The summed E-state index contributed by atoms with van der Waals surface area (Å²) in [6.45, 7) is 1.16. The van der Waals surface area contributed by atoms with Crippen molar-refractivity contribution in [3.05, 3.63) is 64.7 Å². The molecule has 158 valence electrons. The van der Waals surface area contributed by atoms with Gasteiger partial charge in [-0.25, -0.2) is 0 Å². The van der Waals surface area contributed by atoms with Crippen LogP contribution < -0.4 is 14.8 Å². The Labute approximate surface area is 181 Å². The number of hydrogen-bond acceptors (Lipinski definition) is 4. The molecule has 0 atom stereocenters. The Hall–Kier alpha value is -2.99. The van der Waals surface area contributed by atoms with E-state index in [1.807, 2.05) is 12.1 Å². The Balaban J connectivity index is 1.51. The van der Waals surface area contributed by atoms with E-state index >= 15 is 0 Å². The highest BCUT2D eigenvalue weighted by Crippen LogP contribution is 2.28. The molecule has 3 rings (SSSR count). The minimum absolute atomic E-state index is 0.0434. The molecular weight excluding hydrogens is 404 g/mol. The van der Waals surface area contributed by atoms with E-state index in [-0.39, 0.29) is 17.9 Å². The van der Waals surface area contributed by atoms with Crippen LogP contribution in [0, 0.1) is 0 Å². The summed E-state index contributed by atoms with van der Waals surface area (Å²) < 4.78 is 10.5. The number of carbonyl (C=O) groups excluding carboxylic acids is 2. The maximum Gasteiger partial charge on any atom is 0.253 e. The SMILES string of the molecule is COc1ccc(C(=O)N2CCC(NC(=O)/C=C/c3ccc(Cl)cc3)CC2)cc1OC. The maximum absolute atomic E-state index is 12.8. The molecule has 2 aromatic carbocycles. The Morgan fingerprint density at radius 2 is 1.70 bits per heavy atom. The average molecular weight is 429 g/mol. The smallest absolute Gasteiger partial charge is 0.253 e. The Morgan fingerprint density at radius 3 is 2.33 bits per heavy atom. The van der Waals surface area contributed by atoms with Gasteiger partial charge in [0.25, 0.3) is 5.91 Å². The second-order valence-corrected chi connectivity index (χ2v) is 7.47. The summed E-state index contributed by atoms with van der Waals surface area (Å²) in [6.07, 6.45) is 4.69. The summed E-state index contributed by atoms with van der Waals surface area (Å²) in [5.41, 5.74) is 1.46.